The minimum absolute atomic E-state index is 0.0898. The predicted octanol–water partition coefficient (Wildman–Crippen LogP) is 3.49. The van der Waals surface area contributed by atoms with E-state index < -0.39 is 12.2 Å². The summed E-state index contributed by atoms with van der Waals surface area (Å²) >= 11 is 0. The highest BCUT2D eigenvalue weighted by Gasteiger charge is 2.42. The number of anilines is 1. The number of fused-ring (bicyclic) bond motifs is 2. The number of alkyl carbamates (subject to hydrolysis) is 1. The van der Waals surface area contributed by atoms with Gasteiger partial charge >= 0.3 is 12.2 Å². The fraction of sp³-hybridized carbons (Fsp3) is 0.391. The van der Waals surface area contributed by atoms with E-state index in [-0.39, 0.29) is 18.7 Å². The van der Waals surface area contributed by atoms with Crippen LogP contribution >= 0.6 is 0 Å². The van der Waals surface area contributed by atoms with E-state index in [9.17, 15) is 14.7 Å². The Morgan fingerprint density at radius 3 is 2.27 bits per heavy atom. The van der Waals surface area contributed by atoms with Gasteiger partial charge in [-0.15, -0.1) is 0 Å². The molecular weight excluding hydrogens is 382 g/mol. The number of nitrogens with one attached hydrogen (secondary N) is 1. The molecule has 0 aliphatic carbocycles. The van der Waals surface area contributed by atoms with E-state index in [4.69, 9.17) is 4.74 Å². The number of nitrogens with zero attached hydrogens (tertiary/aromatic N) is 2. The molecule has 2 aliphatic rings. The second-order valence-corrected chi connectivity index (χ2v) is 7.88. The molecule has 2 atom stereocenters. The monoisotopic (exact) mass is 409 g/mol. The average Bonchev–Trinajstić information content (AvgIpc) is 3.04. The molecular formula is C23H27N3O4. The Kier molecular flexibility index (Phi) is 6.07. The van der Waals surface area contributed by atoms with Gasteiger partial charge in [-0.2, -0.15) is 0 Å². The maximum Gasteiger partial charge on any atom is 0.407 e. The first kappa shape index (κ1) is 20.1. The third-order valence-electron chi connectivity index (χ3n) is 5.90. The van der Waals surface area contributed by atoms with E-state index in [0.29, 0.717) is 6.54 Å². The van der Waals surface area contributed by atoms with Crippen LogP contribution in [0.15, 0.2) is 54.6 Å². The number of hydrogen-bond acceptors (Lipinski definition) is 4. The summed E-state index contributed by atoms with van der Waals surface area (Å²) in [4.78, 5) is 27.2. The molecule has 0 saturated carbocycles. The third kappa shape index (κ3) is 4.67. The molecule has 0 aromatic heterocycles. The van der Waals surface area contributed by atoms with Gasteiger partial charge in [-0.05, 0) is 42.5 Å². The van der Waals surface area contributed by atoms with E-state index in [2.05, 4.69) is 34.5 Å². The van der Waals surface area contributed by atoms with Gasteiger partial charge < -0.3 is 20.1 Å². The number of carbonyl (C=O) groups is 2. The molecule has 158 valence electrons. The second kappa shape index (κ2) is 9.07. The van der Waals surface area contributed by atoms with Crippen LogP contribution in [0.2, 0.25) is 0 Å². The first-order valence-corrected chi connectivity index (χ1v) is 10.4. The summed E-state index contributed by atoms with van der Waals surface area (Å²) in [6, 6.07) is 18.1. The lowest BCUT2D eigenvalue weighted by Gasteiger charge is -2.40. The highest BCUT2D eigenvalue weighted by molar-refractivity contribution is 5.68. The molecule has 7 nitrogen and oxygen atoms in total. The van der Waals surface area contributed by atoms with Gasteiger partial charge in [0.1, 0.15) is 6.61 Å². The van der Waals surface area contributed by atoms with Gasteiger partial charge in [0.05, 0.1) is 12.1 Å². The summed E-state index contributed by atoms with van der Waals surface area (Å²) in [7, 11) is 0. The molecule has 2 unspecified atom stereocenters. The maximum atomic E-state index is 11.8. The van der Waals surface area contributed by atoms with Crippen molar-refractivity contribution in [1.82, 2.24) is 10.2 Å². The fourth-order valence-corrected chi connectivity index (χ4v) is 4.38. The van der Waals surface area contributed by atoms with Crippen molar-refractivity contribution in [2.75, 3.05) is 24.5 Å². The van der Waals surface area contributed by atoms with Crippen LogP contribution in [0.4, 0.5) is 15.3 Å². The molecule has 2 saturated heterocycles. The molecule has 2 fully saturated rings. The van der Waals surface area contributed by atoms with Crippen molar-refractivity contribution in [2.24, 2.45) is 0 Å². The number of benzene rings is 2. The summed E-state index contributed by atoms with van der Waals surface area (Å²) < 4.78 is 5.21. The molecule has 2 heterocycles. The Morgan fingerprint density at radius 2 is 1.63 bits per heavy atom. The SMILES string of the molecule is O=C(NCCc1ccc(N2CC3CCC(C2)N3C(=O)O)cc1)OCc1ccccc1. The van der Waals surface area contributed by atoms with Crippen molar-refractivity contribution in [1.29, 1.82) is 0 Å². The lowest BCUT2D eigenvalue weighted by molar-refractivity contribution is 0.115. The molecule has 2 aliphatic heterocycles. The molecule has 2 N–H and O–H groups in total. The van der Waals surface area contributed by atoms with E-state index in [1.165, 1.54) is 0 Å². The van der Waals surface area contributed by atoms with Crippen molar-refractivity contribution in [2.45, 2.75) is 38.0 Å². The quantitative estimate of drug-likeness (QED) is 0.763. The molecule has 2 aromatic carbocycles. The van der Waals surface area contributed by atoms with Crippen LogP contribution in [0.5, 0.6) is 0 Å². The van der Waals surface area contributed by atoms with Crippen molar-refractivity contribution < 1.29 is 19.4 Å². The molecule has 2 aromatic rings. The van der Waals surface area contributed by atoms with Crippen LogP contribution in [-0.2, 0) is 17.8 Å². The van der Waals surface area contributed by atoms with Gasteiger partial charge in [0.2, 0.25) is 0 Å². The standard InChI is InChI=1S/C23H27N3O4/c27-22(30-16-18-4-2-1-3-5-18)24-13-12-17-6-8-19(9-7-17)25-14-20-10-11-21(15-25)26(20)23(28)29/h1-9,20-21H,10-16H2,(H,24,27)(H,28,29). The summed E-state index contributed by atoms with van der Waals surface area (Å²) in [5, 5.41) is 12.2. The third-order valence-corrected chi connectivity index (χ3v) is 5.90. The molecule has 0 radical (unpaired) electrons. The molecule has 2 bridgehead atoms. The first-order valence-electron chi connectivity index (χ1n) is 10.4. The van der Waals surface area contributed by atoms with Crippen molar-refractivity contribution in [3.05, 3.63) is 65.7 Å². The zero-order valence-corrected chi connectivity index (χ0v) is 16.9. The van der Waals surface area contributed by atoms with E-state index in [0.717, 1.165) is 49.2 Å². The summed E-state index contributed by atoms with van der Waals surface area (Å²) in [5.41, 5.74) is 3.21. The Balaban J connectivity index is 1.22. The summed E-state index contributed by atoms with van der Waals surface area (Å²) in [6.45, 7) is 2.26. The van der Waals surface area contributed by atoms with Crippen molar-refractivity contribution in [3.63, 3.8) is 0 Å². The number of amides is 2. The number of hydrogen-bond donors (Lipinski definition) is 2. The number of rotatable bonds is 6. The number of carboxylic acid groups (broad SMARTS) is 1. The van der Waals surface area contributed by atoms with E-state index in [1.54, 1.807) is 4.90 Å². The zero-order chi connectivity index (χ0) is 20.9. The summed E-state index contributed by atoms with van der Waals surface area (Å²) in [5.74, 6) is 0. The van der Waals surface area contributed by atoms with Crippen LogP contribution in [0.25, 0.3) is 0 Å². The van der Waals surface area contributed by atoms with Crippen LogP contribution in [0.3, 0.4) is 0 Å². The Morgan fingerprint density at radius 1 is 0.967 bits per heavy atom. The highest BCUT2D eigenvalue weighted by atomic mass is 16.5. The molecule has 30 heavy (non-hydrogen) atoms. The van der Waals surface area contributed by atoms with Gasteiger partial charge in [0.25, 0.3) is 0 Å². The van der Waals surface area contributed by atoms with Crippen LogP contribution in [0.1, 0.15) is 24.0 Å². The van der Waals surface area contributed by atoms with Crippen LogP contribution in [0, 0.1) is 0 Å². The fourth-order valence-electron chi connectivity index (χ4n) is 4.38. The lowest BCUT2D eigenvalue weighted by atomic mass is 10.1. The van der Waals surface area contributed by atoms with Gasteiger partial charge in [0.15, 0.2) is 0 Å². The minimum Gasteiger partial charge on any atom is -0.465 e. The molecule has 0 spiro atoms. The van der Waals surface area contributed by atoms with Crippen molar-refractivity contribution in [3.8, 4) is 0 Å². The molecule has 2 amide bonds. The number of carbonyl (C=O) groups excluding carboxylic acids is 1. The largest absolute Gasteiger partial charge is 0.465 e. The minimum atomic E-state index is -0.799. The van der Waals surface area contributed by atoms with Crippen molar-refractivity contribution >= 4 is 17.9 Å². The van der Waals surface area contributed by atoms with E-state index in [1.807, 2.05) is 30.3 Å². The van der Waals surface area contributed by atoms with E-state index >= 15 is 0 Å². The Hall–Kier alpha value is -3.22. The average molecular weight is 409 g/mol. The normalized spacial score (nSPS) is 20.1. The predicted molar refractivity (Wildman–Crippen MR) is 114 cm³/mol. The molecule has 7 heteroatoms. The Labute approximate surface area is 176 Å². The Bertz CT molecular complexity index is 858. The summed E-state index contributed by atoms with van der Waals surface area (Å²) in [6.07, 6.45) is 1.39. The lowest BCUT2D eigenvalue weighted by Crippen LogP contribution is -2.55. The zero-order valence-electron chi connectivity index (χ0n) is 16.9. The first-order chi connectivity index (χ1) is 14.6. The highest BCUT2D eigenvalue weighted by Crippen LogP contribution is 2.32. The maximum absolute atomic E-state index is 11.8. The topological polar surface area (TPSA) is 82.1 Å². The van der Waals surface area contributed by atoms with Crippen LogP contribution < -0.4 is 10.2 Å². The molecule has 4 rings (SSSR count). The van der Waals surface area contributed by atoms with Gasteiger partial charge in [0, 0.05) is 25.3 Å². The van der Waals surface area contributed by atoms with Gasteiger partial charge in [-0.25, -0.2) is 9.59 Å². The second-order valence-electron chi connectivity index (χ2n) is 7.88. The van der Waals surface area contributed by atoms with Gasteiger partial charge in [-0.3, -0.25) is 4.90 Å². The number of piperazine rings is 1. The smallest absolute Gasteiger partial charge is 0.407 e. The van der Waals surface area contributed by atoms with Gasteiger partial charge in [-0.1, -0.05) is 42.5 Å². The van der Waals surface area contributed by atoms with Crippen LogP contribution in [-0.4, -0.2) is 53.9 Å². The number of ether oxygens (including phenoxy) is 1.